The molecule has 84 valence electrons. The number of halogens is 1. The quantitative estimate of drug-likeness (QED) is 0.787. The molecule has 0 saturated heterocycles. The van der Waals surface area contributed by atoms with Crippen molar-refractivity contribution >= 4 is 15.9 Å². The van der Waals surface area contributed by atoms with Gasteiger partial charge in [-0.25, -0.2) is 4.98 Å². The van der Waals surface area contributed by atoms with Crippen LogP contribution in [0.5, 0.6) is 0 Å². The Morgan fingerprint density at radius 3 is 2.73 bits per heavy atom. The van der Waals surface area contributed by atoms with E-state index in [0.29, 0.717) is 6.04 Å². The van der Waals surface area contributed by atoms with Crippen LogP contribution in [0.2, 0.25) is 0 Å². The minimum absolute atomic E-state index is 0.0974. The molecule has 3 nitrogen and oxygen atoms in total. The molecule has 1 unspecified atom stereocenters. The topological polar surface area (TPSA) is 43.8 Å². The molecule has 1 aromatic heterocycles. The van der Waals surface area contributed by atoms with E-state index in [1.807, 2.05) is 0 Å². The lowest BCUT2D eigenvalue weighted by Gasteiger charge is -2.25. The molecular weight excluding hydrogens is 254 g/mol. The monoisotopic (exact) mass is 271 g/mol. The van der Waals surface area contributed by atoms with Gasteiger partial charge in [0.25, 0.3) is 0 Å². The van der Waals surface area contributed by atoms with Crippen LogP contribution in [0.4, 0.5) is 0 Å². The van der Waals surface area contributed by atoms with Crippen molar-refractivity contribution in [1.29, 1.82) is 0 Å². The summed E-state index contributed by atoms with van der Waals surface area (Å²) < 4.78 is 3.21. The van der Waals surface area contributed by atoms with E-state index in [4.69, 9.17) is 5.73 Å². The number of hydrogen-bond acceptors (Lipinski definition) is 2. The summed E-state index contributed by atoms with van der Waals surface area (Å²) in [6, 6.07) is 0.294. The van der Waals surface area contributed by atoms with Gasteiger partial charge in [-0.15, -0.1) is 0 Å². The SMILES string of the molecule is CC(C)(C)c1nc(Br)n2c1CC(N)CC2. The Hall–Kier alpha value is -0.350. The van der Waals surface area contributed by atoms with Gasteiger partial charge in [0.15, 0.2) is 4.73 Å². The number of hydrogen-bond donors (Lipinski definition) is 1. The summed E-state index contributed by atoms with van der Waals surface area (Å²) >= 11 is 3.53. The minimum atomic E-state index is 0.0974. The molecule has 2 heterocycles. The number of fused-ring (bicyclic) bond motifs is 1. The van der Waals surface area contributed by atoms with Crippen LogP contribution in [0.25, 0.3) is 0 Å². The van der Waals surface area contributed by atoms with Gasteiger partial charge in [0.1, 0.15) is 0 Å². The van der Waals surface area contributed by atoms with Crippen molar-refractivity contribution in [2.75, 3.05) is 0 Å². The molecule has 0 aromatic carbocycles. The van der Waals surface area contributed by atoms with Gasteiger partial charge >= 0.3 is 0 Å². The van der Waals surface area contributed by atoms with Gasteiger partial charge in [-0.05, 0) is 22.4 Å². The molecule has 15 heavy (non-hydrogen) atoms. The number of imidazole rings is 1. The van der Waals surface area contributed by atoms with E-state index in [1.54, 1.807) is 0 Å². The fourth-order valence-corrected chi connectivity index (χ4v) is 2.71. The maximum atomic E-state index is 6.01. The van der Waals surface area contributed by atoms with Crippen LogP contribution in [0.1, 0.15) is 38.6 Å². The van der Waals surface area contributed by atoms with Crippen molar-refractivity contribution in [1.82, 2.24) is 9.55 Å². The first-order valence-corrected chi connectivity index (χ1v) is 6.20. The molecule has 0 radical (unpaired) electrons. The average Bonchev–Trinajstić information content (AvgIpc) is 2.42. The Balaban J connectivity index is 2.50. The summed E-state index contributed by atoms with van der Waals surface area (Å²) in [5.74, 6) is 0. The molecule has 0 fully saturated rings. The summed E-state index contributed by atoms with van der Waals surface area (Å²) in [7, 11) is 0. The molecule has 1 aromatic rings. The lowest BCUT2D eigenvalue weighted by atomic mass is 9.88. The average molecular weight is 272 g/mol. The van der Waals surface area contributed by atoms with Crippen LogP contribution in [-0.4, -0.2) is 15.6 Å². The van der Waals surface area contributed by atoms with Gasteiger partial charge in [0.2, 0.25) is 0 Å². The van der Waals surface area contributed by atoms with Crippen LogP contribution in [-0.2, 0) is 18.4 Å². The molecule has 0 aliphatic carbocycles. The van der Waals surface area contributed by atoms with E-state index < -0.39 is 0 Å². The Labute approximate surface area is 99.2 Å². The maximum Gasteiger partial charge on any atom is 0.177 e. The number of nitrogens with two attached hydrogens (primary N) is 1. The Morgan fingerprint density at radius 2 is 2.13 bits per heavy atom. The van der Waals surface area contributed by atoms with E-state index in [9.17, 15) is 0 Å². The molecule has 1 atom stereocenters. The van der Waals surface area contributed by atoms with Crippen molar-refractivity contribution < 1.29 is 0 Å². The largest absolute Gasteiger partial charge is 0.327 e. The first kappa shape index (κ1) is 11.1. The van der Waals surface area contributed by atoms with Crippen LogP contribution in [0.3, 0.4) is 0 Å². The zero-order chi connectivity index (χ0) is 11.2. The van der Waals surface area contributed by atoms with Crippen LogP contribution in [0, 0.1) is 0 Å². The second kappa shape index (κ2) is 3.59. The third kappa shape index (κ3) is 1.97. The first-order valence-electron chi connectivity index (χ1n) is 5.40. The zero-order valence-electron chi connectivity index (χ0n) is 9.55. The highest BCUT2D eigenvalue weighted by Crippen LogP contribution is 2.31. The first-order chi connectivity index (χ1) is 6.89. The highest BCUT2D eigenvalue weighted by atomic mass is 79.9. The van der Waals surface area contributed by atoms with Crippen LogP contribution >= 0.6 is 15.9 Å². The van der Waals surface area contributed by atoms with Gasteiger partial charge in [0.05, 0.1) is 5.69 Å². The lowest BCUT2D eigenvalue weighted by Crippen LogP contribution is -2.32. The molecule has 0 amide bonds. The van der Waals surface area contributed by atoms with Gasteiger partial charge in [-0.2, -0.15) is 0 Å². The van der Waals surface area contributed by atoms with Crippen LogP contribution in [0.15, 0.2) is 4.73 Å². The Bertz CT molecular complexity index is 376. The number of aromatic nitrogens is 2. The van der Waals surface area contributed by atoms with Gasteiger partial charge in [0, 0.05) is 30.1 Å². The minimum Gasteiger partial charge on any atom is -0.327 e. The van der Waals surface area contributed by atoms with Crippen molar-refractivity contribution in [2.45, 2.75) is 51.6 Å². The summed E-state index contributed by atoms with van der Waals surface area (Å²) in [5.41, 5.74) is 8.61. The standard InChI is InChI=1S/C11H18BrN3/c1-11(2,3)9-8-6-7(13)4-5-15(8)10(12)14-9/h7H,4-6,13H2,1-3H3. The molecule has 0 bridgehead atoms. The third-order valence-corrected chi connectivity index (χ3v) is 3.52. The molecule has 0 saturated carbocycles. The summed E-state index contributed by atoms with van der Waals surface area (Å²) in [5, 5.41) is 0. The second-order valence-electron chi connectivity index (χ2n) is 5.33. The highest BCUT2D eigenvalue weighted by molar-refractivity contribution is 9.10. The third-order valence-electron chi connectivity index (χ3n) is 2.92. The number of nitrogens with zero attached hydrogens (tertiary/aromatic N) is 2. The lowest BCUT2D eigenvalue weighted by molar-refractivity contribution is 0.455. The summed E-state index contributed by atoms with van der Waals surface area (Å²) in [6.07, 6.45) is 2.00. The van der Waals surface area contributed by atoms with Crippen molar-refractivity contribution in [3.05, 3.63) is 16.1 Å². The smallest absolute Gasteiger partial charge is 0.177 e. The maximum absolute atomic E-state index is 6.01. The van der Waals surface area contributed by atoms with E-state index >= 15 is 0 Å². The fraction of sp³-hybridized carbons (Fsp3) is 0.727. The van der Waals surface area contributed by atoms with Gasteiger partial charge < -0.3 is 10.3 Å². The Morgan fingerprint density at radius 1 is 1.47 bits per heavy atom. The summed E-state index contributed by atoms with van der Waals surface area (Å²) in [4.78, 5) is 4.62. The molecule has 2 rings (SSSR count). The molecule has 1 aliphatic rings. The summed E-state index contributed by atoms with van der Waals surface area (Å²) in [6.45, 7) is 7.58. The van der Waals surface area contributed by atoms with Crippen LogP contribution < -0.4 is 5.73 Å². The zero-order valence-corrected chi connectivity index (χ0v) is 11.1. The van der Waals surface area contributed by atoms with Crippen molar-refractivity contribution in [2.24, 2.45) is 5.73 Å². The van der Waals surface area contributed by atoms with Crippen molar-refractivity contribution in [3.63, 3.8) is 0 Å². The number of rotatable bonds is 0. The van der Waals surface area contributed by atoms with E-state index in [0.717, 1.165) is 24.1 Å². The fourth-order valence-electron chi connectivity index (χ4n) is 2.14. The predicted molar refractivity (Wildman–Crippen MR) is 64.9 cm³/mol. The molecule has 1 aliphatic heterocycles. The van der Waals surface area contributed by atoms with E-state index in [1.165, 1.54) is 11.4 Å². The molecule has 0 spiro atoms. The van der Waals surface area contributed by atoms with E-state index in [2.05, 4.69) is 46.3 Å². The van der Waals surface area contributed by atoms with Gasteiger partial charge in [-0.1, -0.05) is 20.8 Å². The van der Waals surface area contributed by atoms with Crippen molar-refractivity contribution in [3.8, 4) is 0 Å². The Kier molecular flexibility index (Phi) is 2.67. The second-order valence-corrected chi connectivity index (χ2v) is 6.04. The molecule has 2 N–H and O–H groups in total. The normalized spacial score (nSPS) is 21.5. The predicted octanol–water partition coefficient (Wildman–Crippen LogP) is 2.22. The van der Waals surface area contributed by atoms with E-state index in [-0.39, 0.29) is 5.41 Å². The molecular formula is C11H18BrN3. The molecule has 4 heteroatoms. The van der Waals surface area contributed by atoms with Gasteiger partial charge in [-0.3, -0.25) is 0 Å². The highest BCUT2D eigenvalue weighted by Gasteiger charge is 2.28.